The Morgan fingerprint density at radius 1 is 0.188 bits per heavy atom. The molecule has 0 aliphatic heterocycles. The van der Waals surface area contributed by atoms with E-state index in [1.54, 1.807) is 0 Å². The zero-order valence-corrected chi connectivity index (χ0v) is 38.5. The number of fused-ring (bicyclic) bond motifs is 9. The first-order valence-corrected chi connectivity index (χ1v) is 24.4. The highest BCUT2D eigenvalue weighted by molar-refractivity contribution is 7.25. The molecular weight excluding hydrogens is 853 g/mol. The highest BCUT2D eigenvalue weighted by Crippen LogP contribution is 2.42. The van der Waals surface area contributed by atoms with E-state index < -0.39 is 0 Å². The van der Waals surface area contributed by atoms with Crippen LogP contribution in [0.3, 0.4) is 0 Å². The van der Waals surface area contributed by atoms with E-state index in [0.29, 0.717) is 0 Å². The lowest BCUT2D eigenvalue weighted by atomic mass is 9.92. The lowest BCUT2D eigenvalue weighted by Gasteiger charge is -2.26. The maximum absolute atomic E-state index is 2.37. The fourth-order valence-electron chi connectivity index (χ4n) is 10.3. The third-order valence-corrected chi connectivity index (χ3v) is 14.8. The van der Waals surface area contributed by atoms with Gasteiger partial charge in [-0.05, 0) is 163 Å². The van der Waals surface area contributed by atoms with Crippen molar-refractivity contribution in [1.29, 1.82) is 0 Å². The molecule has 69 heavy (non-hydrogen) atoms. The van der Waals surface area contributed by atoms with E-state index in [0.717, 1.165) is 45.3 Å². The van der Waals surface area contributed by atoms with Gasteiger partial charge in [-0.25, -0.2) is 0 Å². The van der Waals surface area contributed by atoms with Crippen molar-refractivity contribution >= 4 is 98.0 Å². The standard InChI is InChI=1S/C66H44N2S/c1-3-13-51(14-4-1)67(52-15-5-2-6-16-52)53-33-23-45(24-34-53)46-25-35-54(36-26-46)68(56-39-29-48(30-40-56)50-32-42-66-64(44-50)62-21-11-12-22-65(62)69-66)55-37-27-47(28-38-55)49-31-41-61-59-19-8-7-17-57(59)58-18-9-10-20-60(58)63(61)43-49/h1-44H. The van der Waals surface area contributed by atoms with Gasteiger partial charge in [0.1, 0.15) is 0 Å². The third-order valence-electron chi connectivity index (χ3n) is 13.7. The molecule has 0 aliphatic rings. The third kappa shape index (κ3) is 7.37. The molecule has 1 aromatic heterocycles. The van der Waals surface area contributed by atoms with Gasteiger partial charge in [-0.1, -0.05) is 170 Å². The average Bonchev–Trinajstić information content (AvgIpc) is 3.81. The Bertz CT molecular complexity index is 3900. The van der Waals surface area contributed by atoms with E-state index in [9.17, 15) is 0 Å². The van der Waals surface area contributed by atoms with Crippen LogP contribution in [-0.4, -0.2) is 0 Å². The lowest BCUT2D eigenvalue weighted by molar-refractivity contribution is 1.28. The molecule has 0 amide bonds. The van der Waals surface area contributed by atoms with Crippen LogP contribution >= 0.6 is 11.3 Å². The number of benzene rings is 12. The second-order valence-corrected chi connectivity index (χ2v) is 18.8. The number of anilines is 6. The van der Waals surface area contributed by atoms with Crippen LogP contribution in [-0.2, 0) is 0 Å². The zero-order chi connectivity index (χ0) is 45.7. The lowest BCUT2D eigenvalue weighted by Crippen LogP contribution is -2.10. The quantitative estimate of drug-likeness (QED) is 0.133. The van der Waals surface area contributed by atoms with Gasteiger partial charge in [0, 0.05) is 54.3 Å². The number of rotatable bonds is 9. The first-order chi connectivity index (χ1) is 34.2. The van der Waals surface area contributed by atoms with Gasteiger partial charge in [-0.2, -0.15) is 0 Å². The summed E-state index contributed by atoms with van der Waals surface area (Å²) in [4.78, 5) is 4.67. The SMILES string of the molecule is c1ccc(N(c2ccccc2)c2ccc(-c3ccc(N(c4ccc(-c5ccc6sc7ccccc7c6c5)cc4)c4ccc(-c5ccc6c7ccccc7c7ccccc7c6c5)cc4)cc3)cc2)cc1. The van der Waals surface area contributed by atoms with Crippen LogP contribution in [0, 0.1) is 0 Å². The number of nitrogens with zero attached hydrogens (tertiary/aromatic N) is 2. The van der Waals surface area contributed by atoms with Crippen LogP contribution in [0.4, 0.5) is 34.1 Å². The molecule has 0 fully saturated rings. The highest BCUT2D eigenvalue weighted by atomic mass is 32.1. The molecular formula is C66H44N2S. The van der Waals surface area contributed by atoms with Gasteiger partial charge in [0.05, 0.1) is 0 Å². The molecule has 0 radical (unpaired) electrons. The smallest absolute Gasteiger partial charge is 0.0462 e. The Kier molecular flexibility index (Phi) is 10.1. The van der Waals surface area contributed by atoms with Gasteiger partial charge < -0.3 is 9.80 Å². The van der Waals surface area contributed by atoms with Gasteiger partial charge in [0.15, 0.2) is 0 Å². The molecule has 0 saturated carbocycles. The van der Waals surface area contributed by atoms with Gasteiger partial charge in [0.25, 0.3) is 0 Å². The maximum Gasteiger partial charge on any atom is 0.0462 e. The van der Waals surface area contributed by atoms with E-state index in [4.69, 9.17) is 0 Å². The van der Waals surface area contributed by atoms with Crippen LogP contribution in [0.5, 0.6) is 0 Å². The predicted octanol–water partition coefficient (Wildman–Crippen LogP) is 19.5. The second kappa shape index (κ2) is 17.2. The Morgan fingerprint density at radius 3 is 0.928 bits per heavy atom. The van der Waals surface area contributed by atoms with Crippen LogP contribution < -0.4 is 9.80 Å². The molecule has 3 heteroatoms. The molecule has 0 bridgehead atoms. The number of hydrogen-bond donors (Lipinski definition) is 0. The second-order valence-electron chi connectivity index (χ2n) is 17.7. The normalized spacial score (nSPS) is 11.5. The van der Waals surface area contributed by atoms with Crippen LogP contribution in [0.2, 0.25) is 0 Å². The summed E-state index contributed by atoms with van der Waals surface area (Å²) >= 11 is 1.86. The molecule has 0 N–H and O–H groups in total. The van der Waals surface area contributed by atoms with Crippen molar-refractivity contribution in [2.75, 3.05) is 9.80 Å². The van der Waals surface area contributed by atoms with E-state index in [2.05, 4.69) is 277 Å². The minimum Gasteiger partial charge on any atom is -0.311 e. The first kappa shape index (κ1) is 40.5. The first-order valence-electron chi connectivity index (χ1n) is 23.6. The number of para-hydroxylation sites is 2. The average molecular weight is 897 g/mol. The molecule has 324 valence electrons. The molecule has 2 nitrogen and oxygen atoms in total. The largest absolute Gasteiger partial charge is 0.311 e. The minimum absolute atomic E-state index is 1.09. The van der Waals surface area contributed by atoms with Gasteiger partial charge in [-0.3, -0.25) is 0 Å². The van der Waals surface area contributed by atoms with Crippen molar-refractivity contribution in [1.82, 2.24) is 0 Å². The molecule has 0 aliphatic carbocycles. The molecule has 12 aromatic carbocycles. The maximum atomic E-state index is 2.37. The molecule has 0 unspecified atom stereocenters. The summed E-state index contributed by atoms with van der Waals surface area (Å²) < 4.78 is 2.64. The van der Waals surface area contributed by atoms with E-state index >= 15 is 0 Å². The summed E-state index contributed by atoms with van der Waals surface area (Å²) in [6.45, 7) is 0. The van der Waals surface area contributed by atoms with E-state index in [-0.39, 0.29) is 0 Å². The summed E-state index contributed by atoms with van der Waals surface area (Å²) in [6.07, 6.45) is 0. The van der Waals surface area contributed by atoms with Crippen molar-refractivity contribution in [2.24, 2.45) is 0 Å². The predicted molar refractivity (Wildman–Crippen MR) is 298 cm³/mol. The van der Waals surface area contributed by atoms with Gasteiger partial charge in [0.2, 0.25) is 0 Å². The molecule has 0 spiro atoms. The molecule has 13 rings (SSSR count). The molecule has 0 atom stereocenters. The van der Waals surface area contributed by atoms with Gasteiger partial charge >= 0.3 is 0 Å². The van der Waals surface area contributed by atoms with Crippen molar-refractivity contribution in [2.45, 2.75) is 0 Å². The summed E-state index contributed by atoms with van der Waals surface area (Å²) in [6, 6.07) is 97.2. The highest BCUT2D eigenvalue weighted by Gasteiger charge is 2.17. The number of hydrogen-bond acceptors (Lipinski definition) is 3. The van der Waals surface area contributed by atoms with Crippen LogP contribution in [0.15, 0.2) is 267 Å². The zero-order valence-electron chi connectivity index (χ0n) is 37.7. The Hall–Kier alpha value is -8.76. The van der Waals surface area contributed by atoms with Crippen molar-refractivity contribution in [3.8, 4) is 33.4 Å². The monoisotopic (exact) mass is 896 g/mol. The summed E-state index contributed by atoms with van der Waals surface area (Å²) in [5.74, 6) is 0. The Morgan fingerprint density at radius 2 is 0.478 bits per heavy atom. The molecule has 1 heterocycles. The van der Waals surface area contributed by atoms with Crippen molar-refractivity contribution < 1.29 is 0 Å². The van der Waals surface area contributed by atoms with E-state index in [1.807, 2.05) is 11.3 Å². The number of thiophene rings is 1. The summed E-state index contributed by atoms with van der Waals surface area (Å²) in [5, 5.41) is 10.3. The summed E-state index contributed by atoms with van der Waals surface area (Å²) in [7, 11) is 0. The van der Waals surface area contributed by atoms with Crippen molar-refractivity contribution in [3.63, 3.8) is 0 Å². The topological polar surface area (TPSA) is 6.48 Å². The van der Waals surface area contributed by atoms with Gasteiger partial charge in [-0.15, -0.1) is 11.3 Å². The van der Waals surface area contributed by atoms with E-state index in [1.165, 1.54) is 74.7 Å². The fraction of sp³-hybridized carbons (Fsp3) is 0. The Labute approximate surface area is 405 Å². The summed E-state index contributed by atoms with van der Waals surface area (Å²) in [5.41, 5.74) is 13.8. The molecule has 0 saturated heterocycles. The minimum atomic E-state index is 1.09. The van der Waals surface area contributed by atoms with Crippen LogP contribution in [0.25, 0.3) is 85.9 Å². The molecule has 13 aromatic rings. The van der Waals surface area contributed by atoms with Crippen molar-refractivity contribution in [3.05, 3.63) is 267 Å². The Balaban J connectivity index is 0.858. The van der Waals surface area contributed by atoms with Crippen LogP contribution in [0.1, 0.15) is 0 Å². The fourth-order valence-corrected chi connectivity index (χ4v) is 11.3.